The second-order valence-electron chi connectivity index (χ2n) is 6.95. The number of hydrogen-bond acceptors (Lipinski definition) is 4. The van der Waals surface area contributed by atoms with Gasteiger partial charge < -0.3 is 14.5 Å². The Morgan fingerprint density at radius 1 is 1.12 bits per heavy atom. The Balaban J connectivity index is 1.79. The summed E-state index contributed by atoms with van der Waals surface area (Å²) in [5, 5.41) is 3.96. The fourth-order valence-corrected chi connectivity index (χ4v) is 3.57. The van der Waals surface area contributed by atoms with E-state index in [0.717, 1.165) is 31.5 Å². The SMILES string of the molecule is CC1CNCCCC1Oc1cccc2occ(-c3ccccc3)c(=O)c12. The monoisotopic (exact) mass is 349 g/mol. The molecule has 2 aromatic carbocycles. The second-order valence-corrected chi connectivity index (χ2v) is 6.95. The van der Waals surface area contributed by atoms with E-state index in [-0.39, 0.29) is 11.5 Å². The summed E-state index contributed by atoms with van der Waals surface area (Å²) in [5.41, 5.74) is 1.92. The van der Waals surface area contributed by atoms with Crippen LogP contribution in [-0.2, 0) is 0 Å². The van der Waals surface area contributed by atoms with Crippen molar-refractivity contribution in [1.82, 2.24) is 5.32 Å². The molecule has 1 N–H and O–H groups in total. The summed E-state index contributed by atoms with van der Waals surface area (Å²) >= 11 is 0. The number of hydrogen-bond donors (Lipinski definition) is 1. The zero-order valence-corrected chi connectivity index (χ0v) is 14.9. The molecular formula is C22H23NO3. The van der Waals surface area contributed by atoms with Gasteiger partial charge in [0.05, 0.1) is 5.56 Å². The average Bonchev–Trinajstić information content (AvgIpc) is 2.87. The van der Waals surface area contributed by atoms with Crippen molar-refractivity contribution in [3.8, 4) is 16.9 Å². The van der Waals surface area contributed by atoms with Crippen LogP contribution >= 0.6 is 0 Å². The molecule has 1 aliphatic rings. The van der Waals surface area contributed by atoms with Crippen LogP contribution < -0.4 is 15.5 Å². The van der Waals surface area contributed by atoms with E-state index in [9.17, 15) is 4.79 Å². The van der Waals surface area contributed by atoms with Crippen molar-refractivity contribution >= 4 is 11.0 Å². The fraction of sp³-hybridized carbons (Fsp3) is 0.318. The van der Waals surface area contributed by atoms with E-state index in [1.54, 1.807) is 6.26 Å². The van der Waals surface area contributed by atoms with E-state index in [1.165, 1.54) is 0 Å². The van der Waals surface area contributed by atoms with Gasteiger partial charge in [0.25, 0.3) is 0 Å². The molecule has 0 radical (unpaired) electrons. The van der Waals surface area contributed by atoms with Gasteiger partial charge in [-0.3, -0.25) is 4.79 Å². The van der Waals surface area contributed by atoms with Crippen molar-refractivity contribution in [1.29, 1.82) is 0 Å². The van der Waals surface area contributed by atoms with Crippen molar-refractivity contribution in [3.05, 3.63) is 65.0 Å². The Kier molecular flexibility index (Phi) is 4.76. The molecule has 0 amide bonds. The Labute approximate surface area is 152 Å². The zero-order chi connectivity index (χ0) is 17.9. The third kappa shape index (κ3) is 3.25. The quantitative estimate of drug-likeness (QED) is 0.769. The summed E-state index contributed by atoms with van der Waals surface area (Å²) in [6.45, 7) is 4.13. The first kappa shape index (κ1) is 16.9. The number of ether oxygens (including phenoxy) is 1. The summed E-state index contributed by atoms with van der Waals surface area (Å²) < 4.78 is 12.1. The maximum atomic E-state index is 13.2. The van der Waals surface area contributed by atoms with E-state index in [1.807, 2.05) is 48.5 Å². The highest BCUT2D eigenvalue weighted by Gasteiger charge is 2.23. The van der Waals surface area contributed by atoms with Gasteiger partial charge in [-0.2, -0.15) is 0 Å². The molecule has 134 valence electrons. The summed E-state index contributed by atoms with van der Waals surface area (Å²) in [5.74, 6) is 1.00. The third-order valence-electron chi connectivity index (χ3n) is 5.07. The molecule has 4 nitrogen and oxygen atoms in total. The highest BCUT2D eigenvalue weighted by atomic mass is 16.5. The third-order valence-corrected chi connectivity index (χ3v) is 5.07. The molecule has 4 heteroatoms. The predicted molar refractivity (Wildman–Crippen MR) is 104 cm³/mol. The van der Waals surface area contributed by atoms with Gasteiger partial charge in [0.1, 0.15) is 29.1 Å². The molecule has 4 rings (SSSR count). The minimum absolute atomic E-state index is 0.0487. The van der Waals surface area contributed by atoms with Gasteiger partial charge in [0, 0.05) is 12.5 Å². The molecule has 0 aliphatic carbocycles. The first-order valence-electron chi connectivity index (χ1n) is 9.21. The van der Waals surface area contributed by atoms with Crippen molar-refractivity contribution < 1.29 is 9.15 Å². The second kappa shape index (κ2) is 7.34. The lowest BCUT2D eigenvalue weighted by molar-refractivity contribution is 0.143. The smallest absolute Gasteiger partial charge is 0.204 e. The van der Waals surface area contributed by atoms with Crippen LogP contribution in [0.4, 0.5) is 0 Å². The summed E-state index contributed by atoms with van der Waals surface area (Å²) in [4.78, 5) is 13.2. The Morgan fingerprint density at radius 2 is 1.96 bits per heavy atom. The van der Waals surface area contributed by atoms with Crippen molar-refractivity contribution in [2.75, 3.05) is 13.1 Å². The van der Waals surface area contributed by atoms with Crippen molar-refractivity contribution in [2.24, 2.45) is 5.92 Å². The Morgan fingerprint density at radius 3 is 2.81 bits per heavy atom. The van der Waals surface area contributed by atoms with Gasteiger partial charge in [-0.25, -0.2) is 0 Å². The molecule has 1 fully saturated rings. The minimum Gasteiger partial charge on any atom is -0.489 e. The lowest BCUT2D eigenvalue weighted by atomic mass is 10.0. The standard InChI is InChI=1S/C22H23NO3/c1-15-13-23-12-6-11-18(15)26-20-10-5-9-19-21(20)22(24)17(14-25-19)16-7-3-2-4-8-16/h2-5,7-10,14-15,18,23H,6,11-13H2,1H3. The van der Waals surface area contributed by atoms with Crippen LogP contribution in [0, 0.1) is 5.92 Å². The molecule has 0 bridgehead atoms. The number of benzene rings is 2. The molecule has 1 aliphatic heterocycles. The first-order chi connectivity index (χ1) is 12.7. The maximum absolute atomic E-state index is 13.2. The summed E-state index contributed by atoms with van der Waals surface area (Å²) in [6.07, 6.45) is 3.69. The van der Waals surface area contributed by atoms with Crippen LogP contribution in [0.25, 0.3) is 22.1 Å². The maximum Gasteiger partial charge on any atom is 0.204 e. The number of fused-ring (bicyclic) bond motifs is 1. The van der Waals surface area contributed by atoms with E-state index >= 15 is 0 Å². The van der Waals surface area contributed by atoms with E-state index in [0.29, 0.717) is 28.2 Å². The van der Waals surface area contributed by atoms with Gasteiger partial charge in [0.2, 0.25) is 5.43 Å². The highest BCUT2D eigenvalue weighted by Crippen LogP contribution is 2.29. The van der Waals surface area contributed by atoms with Crippen LogP contribution in [0.5, 0.6) is 5.75 Å². The van der Waals surface area contributed by atoms with Gasteiger partial charge in [-0.1, -0.05) is 43.3 Å². The largest absolute Gasteiger partial charge is 0.489 e. The number of nitrogens with one attached hydrogen (secondary N) is 1. The van der Waals surface area contributed by atoms with Crippen molar-refractivity contribution in [3.63, 3.8) is 0 Å². The van der Waals surface area contributed by atoms with Gasteiger partial charge in [0.15, 0.2) is 0 Å². The number of rotatable bonds is 3. The Hall–Kier alpha value is -2.59. The predicted octanol–water partition coefficient (Wildman–Crippen LogP) is 4.23. The molecule has 0 spiro atoms. The van der Waals surface area contributed by atoms with Crippen LogP contribution in [-0.4, -0.2) is 19.2 Å². The minimum atomic E-state index is -0.0487. The van der Waals surface area contributed by atoms with Crippen LogP contribution in [0.2, 0.25) is 0 Å². The molecule has 0 saturated carbocycles. The molecule has 2 unspecified atom stereocenters. The molecule has 1 aromatic heterocycles. The molecule has 26 heavy (non-hydrogen) atoms. The van der Waals surface area contributed by atoms with Gasteiger partial charge >= 0.3 is 0 Å². The zero-order valence-electron chi connectivity index (χ0n) is 14.9. The van der Waals surface area contributed by atoms with Crippen LogP contribution in [0.15, 0.2) is 64.0 Å². The summed E-state index contributed by atoms with van der Waals surface area (Å²) in [6, 6.07) is 15.2. The molecular weight excluding hydrogens is 326 g/mol. The molecule has 2 atom stereocenters. The van der Waals surface area contributed by atoms with E-state index < -0.39 is 0 Å². The highest BCUT2D eigenvalue weighted by molar-refractivity contribution is 5.87. The average molecular weight is 349 g/mol. The van der Waals surface area contributed by atoms with E-state index in [2.05, 4.69) is 12.2 Å². The summed E-state index contributed by atoms with van der Waals surface area (Å²) in [7, 11) is 0. The lowest BCUT2D eigenvalue weighted by Gasteiger charge is -2.23. The van der Waals surface area contributed by atoms with Crippen LogP contribution in [0.1, 0.15) is 19.8 Å². The van der Waals surface area contributed by atoms with Gasteiger partial charge in [-0.15, -0.1) is 0 Å². The van der Waals surface area contributed by atoms with Gasteiger partial charge in [-0.05, 0) is 37.1 Å². The molecule has 2 heterocycles. The molecule has 1 saturated heterocycles. The molecule has 3 aromatic rings. The topological polar surface area (TPSA) is 51.5 Å². The normalized spacial score (nSPS) is 20.7. The van der Waals surface area contributed by atoms with Crippen molar-refractivity contribution in [2.45, 2.75) is 25.9 Å². The van der Waals surface area contributed by atoms with E-state index in [4.69, 9.17) is 9.15 Å². The van der Waals surface area contributed by atoms with Crippen LogP contribution in [0.3, 0.4) is 0 Å². The Bertz CT molecular complexity index is 949. The first-order valence-corrected chi connectivity index (χ1v) is 9.21. The lowest BCUT2D eigenvalue weighted by Crippen LogP contribution is -2.29. The fourth-order valence-electron chi connectivity index (χ4n) is 3.57.